The van der Waals surface area contributed by atoms with E-state index in [9.17, 15) is 26.7 Å². The van der Waals surface area contributed by atoms with Gasteiger partial charge in [-0.25, -0.2) is 13.8 Å². The third kappa shape index (κ3) is 3.12. The van der Waals surface area contributed by atoms with Gasteiger partial charge in [-0.1, -0.05) is 6.07 Å². The molecule has 0 aliphatic heterocycles. The molecule has 2 heterocycles. The van der Waals surface area contributed by atoms with Gasteiger partial charge in [0.15, 0.2) is 11.6 Å². The normalized spacial score (nSPS) is 12.0. The number of alkyl halides is 3. The second-order valence-corrected chi connectivity index (χ2v) is 5.04. The summed E-state index contributed by atoms with van der Waals surface area (Å²) in [6.45, 7) is 0. The summed E-state index contributed by atoms with van der Waals surface area (Å²) in [6, 6.07) is 4.42. The van der Waals surface area contributed by atoms with Gasteiger partial charge in [0.05, 0.1) is 5.69 Å². The Morgan fingerprint density at radius 2 is 1.79 bits per heavy atom. The highest BCUT2D eigenvalue weighted by molar-refractivity contribution is 5.29. The van der Waals surface area contributed by atoms with Gasteiger partial charge >= 0.3 is 6.18 Å². The average Bonchev–Trinajstić information content (AvgIpc) is 2.93. The summed E-state index contributed by atoms with van der Waals surface area (Å²) >= 11 is 0. The van der Waals surface area contributed by atoms with Gasteiger partial charge in [-0.05, 0) is 30.5 Å². The topological polar surface area (TPSA) is 63.0 Å². The minimum atomic E-state index is -4.73. The van der Waals surface area contributed by atoms with Gasteiger partial charge in [0.25, 0.3) is 11.3 Å². The second-order valence-electron chi connectivity index (χ2n) is 5.04. The Balaban J connectivity index is 1.87. The highest BCUT2D eigenvalue weighted by Gasteiger charge is 2.35. The maximum Gasteiger partial charge on any atom is 0.451 e. The molecule has 0 radical (unpaired) electrons. The van der Waals surface area contributed by atoms with Crippen LogP contribution in [-0.4, -0.2) is 19.6 Å². The molecule has 5 nitrogen and oxygen atoms in total. The zero-order valence-corrected chi connectivity index (χ0v) is 11.9. The molecule has 0 aliphatic carbocycles. The molecule has 10 heteroatoms. The monoisotopic (exact) mass is 344 g/mol. The quantitative estimate of drug-likeness (QED) is 0.743. The molecule has 0 atom stereocenters. The average molecular weight is 344 g/mol. The van der Waals surface area contributed by atoms with Crippen molar-refractivity contribution in [2.24, 2.45) is 0 Å². The number of aromatic amines is 1. The summed E-state index contributed by atoms with van der Waals surface area (Å²) in [4.78, 5) is 19.0. The van der Waals surface area contributed by atoms with Gasteiger partial charge in [-0.3, -0.25) is 9.89 Å². The lowest BCUT2D eigenvalue weighted by atomic mass is 10.1. The van der Waals surface area contributed by atoms with E-state index in [1.807, 2.05) is 5.10 Å². The number of hydrogen-bond donors (Lipinski definition) is 1. The number of aromatic nitrogens is 4. The highest BCUT2D eigenvalue weighted by atomic mass is 19.4. The van der Waals surface area contributed by atoms with Crippen molar-refractivity contribution in [1.82, 2.24) is 19.6 Å². The fourth-order valence-electron chi connectivity index (χ4n) is 2.15. The number of rotatable bonds is 3. The molecule has 0 amide bonds. The summed E-state index contributed by atoms with van der Waals surface area (Å²) in [5, 5.41) is 1.83. The number of H-pyrrole nitrogens is 1. The van der Waals surface area contributed by atoms with Crippen LogP contribution >= 0.6 is 0 Å². The predicted octanol–water partition coefficient (Wildman–Crippen LogP) is 2.50. The van der Waals surface area contributed by atoms with E-state index in [-0.39, 0.29) is 18.5 Å². The fourth-order valence-corrected chi connectivity index (χ4v) is 2.15. The Morgan fingerprint density at radius 3 is 2.46 bits per heavy atom. The molecule has 1 N–H and O–H groups in total. The largest absolute Gasteiger partial charge is 0.451 e. The standard InChI is InChI=1S/C14H9F5N4O/c15-9-4-2-7(5-10(9)16)1-3-8-6-11(24)23-13(20-8)21-12(22-23)14(17,18)19/h2,4-6H,1,3H2,(H,20,21,22). The molecule has 1 aromatic carbocycles. The van der Waals surface area contributed by atoms with Crippen molar-refractivity contribution in [3.8, 4) is 0 Å². The molecule has 24 heavy (non-hydrogen) atoms. The number of fused-ring (bicyclic) bond motifs is 1. The van der Waals surface area contributed by atoms with Gasteiger partial charge in [0, 0.05) is 6.07 Å². The van der Waals surface area contributed by atoms with Crippen LogP contribution in [0.2, 0.25) is 0 Å². The molecule has 0 aliphatic rings. The molecule has 3 rings (SSSR count). The van der Waals surface area contributed by atoms with Gasteiger partial charge in [0.1, 0.15) is 0 Å². The number of halogens is 5. The molecule has 126 valence electrons. The fraction of sp³-hybridized carbons (Fsp3) is 0.214. The van der Waals surface area contributed by atoms with E-state index >= 15 is 0 Å². The molecule has 0 fully saturated rings. The van der Waals surface area contributed by atoms with Gasteiger partial charge < -0.3 is 0 Å². The van der Waals surface area contributed by atoms with Crippen LogP contribution in [0.25, 0.3) is 5.78 Å². The SMILES string of the molecule is O=c1cc(CCc2ccc(F)c(F)c2)nc2nc(C(F)(F)F)[nH]n12. The number of aryl methyl sites for hydroxylation is 2. The van der Waals surface area contributed by atoms with Gasteiger partial charge in [-0.15, -0.1) is 0 Å². The summed E-state index contributed by atoms with van der Waals surface area (Å²) in [5.74, 6) is -3.72. The van der Waals surface area contributed by atoms with E-state index < -0.39 is 35.0 Å². The smallest absolute Gasteiger partial charge is 0.267 e. The van der Waals surface area contributed by atoms with Crippen LogP contribution in [0.4, 0.5) is 22.0 Å². The number of nitrogens with one attached hydrogen (secondary N) is 1. The van der Waals surface area contributed by atoms with Crippen LogP contribution in [0.1, 0.15) is 17.1 Å². The lowest BCUT2D eigenvalue weighted by Gasteiger charge is -2.02. The van der Waals surface area contributed by atoms with E-state index in [0.717, 1.165) is 18.2 Å². The molecule has 3 aromatic rings. The maximum absolute atomic E-state index is 13.1. The Kier molecular flexibility index (Phi) is 3.82. The molecule has 0 unspecified atom stereocenters. The zero-order chi connectivity index (χ0) is 17.5. The predicted molar refractivity (Wildman–Crippen MR) is 72.4 cm³/mol. The summed E-state index contributed by atoms with van der Waals surface area (Å²) in [7, 11) is 0. The van der Waals surface area contributed by atoms with Crippen LogP contribution in [0.15, 0.2) is 29.1 Å². The van der Waals surface area contributed by atoms with Crippen molar-refractivity contribution < 1.29 is 22.0 Å². The van der Waals surface area contributed by atoms with E-state index in [2.05, 4.69) is 9.97 Å². The third-order valence-electron chi connectivity index (χ3n) is 3.31. The first kappa shape index (κ1) is 16.1. The molecular formula is C14H9F5N4O. The molecule has 2 aromatic heterocycles. The van der Waals surface area contributed by atoms with Crippen LogP contribution < -0.4 is 5.56 Å². The van der Waals surface area contributed by atoms with Crippen molar-refractivity contribution in [3.63, 3.8) is 0 Å². The number of nitrogens with zero attached hydrogens (tertiary/aromatic N) is 3. The minimum Gasteiger partial charge on any atom is -0.267 e. The lowest BCUT2D eigenvalue weighted by Crippen LogP contribution is -2.16. The Hall–Kier alpha value is -2.78. The summed E-state index contributed by atoms with van der Waals surface area (Å²) < 4.78 is 64.4. The van der Waals surface area contributed by atoms with Crippen molar-refractivity contribution in [1.29, 1.82) is 0 Å². The summed E-state index contributed by atoms with van der Waals surface area (Å²) in [5.41, 5.74) is -0.0813. The first-order valence-electron chi connectivity index (χ1n) is 6.74. The Morgan fingerprint density at radius 1 is 1.04 bits per heavy atom. The van der Waals surface area contributed by atoms with Crippen LogP contribution in [0, 0.1) is 11.6 Å². The molecule has 0 saturated heterocycles. The van der Waals surface area contributed by atoms with Crippen molar-refractivity contribution in [2.75, 3.05) is 0 Å². The maximum atomic E-state index is 13.1. The van der Waals surface area contributed by atoms with Crippen LogP contribution in [0.3, 0.4) is 0 Å². The zero-order valence-electron chi connectivity index (χ0n) is 11.9. The van der Waals surface area contributed by atoms with Crippen LogP contribution in [-0.2, 0) is 19.0 Å². The van der Waals surface area contributed by atoms with E-state index in [4.69, 9.17) is 0 Å². The molecular weight excluding hydrogens is 335 g/mol. The van der Waals surface area contributed by atoms with E-state index in [0.29, 0.717) is 10.1 Å². The molecule has 0 spiro atoms. The van der Waals surface area contributed by atoms with Crippen molar-refractivity contribution in [3.05, 3.63) is 63.3 Å². The molecule has 0 bridgehead atoms. The number of benzene rings is 1. The van der Waals surface area contributed by atoms with Crippen LogP contribution in [0.5, 0.6) is 0 Å². The Bertz CT molecular complexity index is 960. The molecule has 0 saturated carbocycles. The first-order chi connectivity index (χ1) is 11.2. The minimum absolute atomic E-state index is 0.158. The van der Waals surface area contributed by atoms with Crippen molar-refractivity contribution in [2.45, 2.75) is 19.0 Å². The van der Waals surface area contributed by atoms with E-state index in [1.54, 1.807) is 0 Å². The highest BCUT2D eigenvalue weighted by Crippen LogP contribution is 2.25. The lowest BCUT2D eigenvalue weighted by molar-refractivity contribution is -0.144. The van der Waals surface area contributed by atoms with Crippen molar-refractivity contribution >= 4 is 5.78 Å². The second kappa shape index (κ2) is 5.69. The van der Waals surface area contributed by atoms with Gasteiger partial charge in [-0.2, -0.15) is 22.7 Å². The first-order valence-corrected chi connectivity index (χ1v) is 6.74. The number of hydrogen-bond acceptors (Lipinski definition) is 3. The third-order valence-corrected chi connectivity index (χ3v) is 3.31. The summed E-state index contributed by atoms with van der Waals surface area (Å²) in [6.07, 6.45) is -4.34. The Labute approximate surface area is 130 Å². The van der Waals surface area contributed by atoms with E-state index in [1.165, 1.54) is 6.07 Å². The van der Waals surface area contributed by atoms with Gasteiger partial charge in [0.2, 0.25) is 5.82 Å².